The summed E-state index contributed by atoms with van der Waals surface area (Å²) in [6, 6.07) is 13.2. The molecule has 3 aromatic rings. The minimum Gasteiger partial charge on any atom is -0.489 e. The summed E-state index contributed by atoms with van der Waals surface area (Å²) in [5, 5.41) is 16.0. The van der Waals surface area contributed by atoms with Crippen LogP contribution in [-0.2, 0) is 4.79 Å². The second kappa shape index (κ2) is 11.7. The molecule has 4 rings (SSSR count). The predicted octanol–water partition coefficient (Wildman–Crippen LogP) is 5.05. The fourth-order valence-electron chi connectivity index (χ4n) is 3.36. The summed E-state index contributed by atoms with van der Waals surface area (Å²) in [5.74, 6) is 0.880. The number of hydrogen-bond acceptors (Lipinski definition) is 7. The zero-order valence-electron chi connectivity index (χ0n) is 19.0. The molecule has 33 heavy (non-hydrogen) atoms. The number of anilines is 1. The number of aliphatic carboxylic acids is 1. The first-order chi connectivity index (χ1) is 15.9. The molecular formula is C24H29ClN4O4. The average molecular weight is 473 g/mol. The zero-order valence-corrected chi connectivity index (χ0v) is 19.8. The Hall–Kier alpha value is -3.10. The van der Waals surface area contributed by atoms with Gasteiger partial charge >= 0.3 is 5.97 Å². The lowest BCUT2D eigenvalue weighted by molar-refractivity contribution is -0.138. The van der Waals surface area contributed by atoms with Gasteiger partial charge in [-0.05, 0) is 82.2 Å². The molecule has 8 nitrogen and oxygen atoms in total. The number of nitrogens with one attached hydrogen (secondary N) is 1. The van der Waals surface area contributed by atoms with Gasteiger partial charge in [0.15, 0.2) is 0 Å². The molecule has 1 aliphatic heterocycles. The smallest absolute Gasteiger partial charge is 0.317 e. The summed E-state index contributed by atoms with van der Waals surface area (Å²) in [6.07, 6.45) is 2.38. The number of carbonyl (C=O) groups is 1. The quantitative estimate of drug-likeness (QED) is 0.492. The number of likely N-dealkylation sites (tertiary alicyclic amines) is 1. The van der Waals surface area contributed by atoms with Crippen LogP contribution in [0.3, 0.4) is 0 Å². The first kappa shape index (κ1) is 24.5. The van der Waals surface area contributed by atoms with E-state index in [1.165, 1.54) is 0 Å². The third-order valence-electron chi connectivity index (χ3n) is 4.96. The molecule has 0 unspecified atom stereocenters. The third-order valence-corrected chi connectivity index (χ3v) is 5.25. The monoisotopic (exact) mass is 472 g/mol. The Labute approximate surface area is 198 Å². The van der Waals surface area contributed by atoms with Crippen molar-refractivity contribution in [2.45, 2.75) is 32.8 Å². The molecule has 0 bridgehead atoms. The molecule has 1 aromatic heterocycles. The van der Waals surface area contributed by atoms with Gasteiger partial charge in [0.1, 0.15) is 5.75 Å². The normalized spacial score (nSPS) is 13.5. The van der Waals surface area contributed by atoms with Crippen LogP contribution in [0, 0.1) is 0 Å². The largest absolute Gasteiger partial charge is 0.489 e. The van der Waals surface area contributed by atoms with Gasteiger partial charge in [0.2, 0.25) is 5.82 Å². The molecule has 0 radical (unpaired) electrons. The Morgan fingerprint density at radius 1 is 1.18 bits per heavy atom. The van der Waals surface area contributed by atoms with E-state index in [0.29, 0.717) is 22.5 Å². The third kappa shape index (κ3) is 7.20. The maximum atomic E-state index is 10.1. The number of benzene rings is 2. The Morgan fingerprint density at radius 3 is 2.42 bits per heavy atom. The van der Waals surface area contributed by atoms with Crippen molar-refractivity contribution in [1.82, 2.24) is 15.0 Å². The van der Waals surface area contributed by atoms with Crippen LogP contribution in [0.25, 0.3) is 22.8 Å². The zero-order chi connectivity index (χ0) is 23.8. The molecule has 2 heterocycles. The lowest BCUT2D eigenvalue weighted by Gasteiger charge is -2.11. The number of hydrogen-bond donors (Lipinski definition) is 2. The summed E-state index contributed by atoms with van der Waals surface area (Å²) < 4.78 is 11.0. The fraction of sp³-hybridized carbons (Fsp3) is 0.375. The lowest BCUT2D eigenvalue weighted by atomic mass is 10.2. The van der Waals surface area contributed by atoms with Crippen molar-refractivity contribution in [3.05, 3.63) is 47.5 Å². The molecule has 2 N–H and O–H groups in total. The Morgan fingerprint density at radius 2 is 1.85 bits per heavy atom. The molecule has 176 valence electrons. The van der Waals surface area contributed by atoms with Gasteiger partial charge in [-0.25, -0.2) is 0 Å². The van der Waals surface area contributed by atoms with Crippen LogP contribution < -0.4 is 10.1 Å². The maximum absolute atomic E-state index is 10.1. The Balaban J connectivity index is 0.000000286. The van der Waals surface area contributed by atoms with Crippen molar-refractivity contribution in [2.75, 3.05) is 32.0 Å². The van der Waals surface area contributed by atoms with Gasteiger partial charge < -0.3 is 19.7 Å². The highest BCUT2D eigenvalue weighted by Crippen LogP contribution is 2.31. The fourth-order valence-corrected chi connectivity index (χ4v) is 3.58. The summed E-state index contributed by atoms with van der Waals surface area (Å²) in [7, 11) is 1.87. The highest BCUT2D eigenvalue weighted by molar-refractivity contribution is 6.32. The van der Waals surface area contributed by atoms with Crippen molar-refractivity contribution in [2.24, 2.45) is 0 Å². The highest BCUT2D eigenvalue weighted by atomic mass is 35.5. The van der Waals surface area contributed by atoms with Gasteiger partial charge in [-0.1, -0.05) is 16.8 Å². The summed E-state index contributed by atoms with van der Waals surface area (Å²) >= 11 is 6.26. The van der Waals surface area contributed by atoms with Crippen molar-refractivity contribution in [3.63, 3.8) is 0 Å². The van der Waals surface area contributed by atoms with Crippen LogP contribution in [0.4, 0.5) is 5.69 Å². The van der Waals surface area contributed by atoms with E-state index in [-0.39, 0.29) is 12.6 Å². The molecule has 0 spiro atoms. The number of carboxylic acid groups (broad SMARTS) is 1. The van der Waals surface area contributed by atoms with E-state index in [2.05, 4.69) is 15.5 Å². The van der Waals surface area contributed by atoms with Crippen molar-refractivity contribution in [3.8, 4) is 28.6 Å². The molecule has 9 heteroatoms. The molecule has 2 aromatic carbocycles. The summed E-state index contributed by atoms with van der Waals surface area (Å²) in [6.45, 7) is 6.06. The number of halogens is 1. The number of nitrogens with zero attached hydrogens (tertiary/aromatic N) is 3. The van der Waals surface area contributed by atoms with E-state index in [0.717, 1.165) is 42.7 Å². The first-order valence-corrected chi connectivity index (χ1v) is 11.3. The summed E-state index contributed by atoms with van der Waals surface area (Å²) in [4.78, 5) is 16.5. The minimum atomic E-state index is -0.711. The topological polar surface area (TPSA) is 101 Å². The predicted molar refractivity (Wildman–Crippen MR) is 129 cm³/mol. The van der Waals surface area contributed by atoms with E-state index in [9.17, 15) is 4.79 Å². The van der Waals surface area contributed by atoms with Crippen molar-refractivity contribution in [1.29, 1.82) is 0 Å². The van der Waals surface area contributed by atoms with E-state index in [4.69, 9.17) is 26.0 Å². The maximum Gasteiger partial charge on any atom is 0.317 e. The van der Waals surface area contributed by atoms with Gasteiger partial charge in [0.25, 0.3) is 5.89 Å². The van der Waals surface area contributed by atoms with Gasteiger partial charge in [-0.15, -0.1) is 0 Å². The van der Waals surface area contributed by atoms with Crippen LogP contribution in [-0.4, -0.2) is 58.9 Å². The number of aromatic nitrogens is 2. The molecule has 0 atom stereocenters. The van der Waals surface area contributed by atoms with E-state index in [1.54, 1.807) is 6.07 Å². The molecule has 0 saturated carbocycles. The van der Waals surface area contributed by atoms with Crippen LogP contribution in [0.15, 0.2) is 47.0 Å². The standard InChI is InChI=1S/C18H18ClN3O2.C6H11NO2/c1-11(2)23-16-9-6-13(10-15(16)19)17-21-18(24-22-17)12-4-7-14(20-3)8-5-12;8-6(9)5-7-3-1-2-4-7/h4-11,20H,1-3H3;1-5H2,(H,8,9). The summed E-state index contributed by atoms with van der Waals surface area (Å²) in [5.41, 5.74) is 2.66. The SMILES string of the molecule is CNc1ccc(-c2nc(-c3ccc(OC(C)C)c(Cl)c3)no2)cc1.O=C(O)CN1CCCC1. The number of ether oxygens (including phenoxy) is 1. The molecule has 0 aliphatic carbocycles. The van der Waals surface area contributed by atoms with Crippen molar-refractivity contribution >= 4 is 23.3 Å². The minimum absolute atomic E-state index is 0.0608. The molecule has 1 saturated heterocycles. The van der Waals surface area contributed by atoms with Gasteiger partial charge in [0.05, 0.1) is 17.7 Å². The Bertz CT molecular complexity index is 1050. The van der Waals surface area contributed by atoms with E-state index >= 15 is 0 Å². The van der Waals surface area contributed by atoms with Crippen LogP contribution in [0.1, 0.15) is 26.7 Å². The van der Waals surface area contributed by atoms with E-state index in [1.807, 2.05) is 62.2 Å². The Kier molecular flexibility index (Phi) is 8.68. The molecular weight excluding hydrogens is 444 g/mol. The second-order valence-electron chi connectivity index (χ2n) is 7.94. The van der Waals surface area contributed by atoms with Crippen LogP contribution in [0.5, 0.6) is 5.75 Å². The van der Waals surface area contributed by atoms with Crippen molar-refractivity contribution < 1.29 is 19.2 Å². The molecule has 1 aliphatic rings. The molecule has 0 amide bonds. The van der Waals surface area contributed by atoms with Gasteiger partial charge in [0, 0.05) is 23.9 Å². The molecule has 1 fully saturated rings. The van der Waals surface area contributed by atoms with E-state index < -0.39 is 5.97 Å². The van der Waals surface area contributed by atoms with Crippen LogP contribution in [0.2, 0.25) is 5.02 Å². The number of rotatable bonds is 7. The highest BCUT2D eigenvalue weighted by Gasteiger charge is 2.14. The number of carboxylic acids is 1. The first-order valence-electron chi connectivity index (χ1n) is 10.9. The second-order valence-corrected chi connectivity index (χ2v) is 8.35. The van der Waals surface area contributed by atoms with Gasteiger partial charge in [-0.2, -0.15) is 4.98 Å². The van der Waals surface area contributed by atoms with Crippen LogP contribution >= 0.6 is 11.6 Å². The van der Waals surface area contributed by atoms with Gasteiger partial charge in [-0.3, -0.25) is 9.69 Å². The average Bonchev–Trinajstić information content (AvgIpc) is 3.47. The lowest BCUT2D eigenvalue weighted by Crippen LogP contribution is -2.26.